The Morgan fingerprint density at radius 2 is 1.84 bits per heavy atom. The highest BCUT2D eigenvalue weighted by molar-refractivity contribution is 7.89. The fourth-order valence-electron chi connectivity index (χ4n) is 3.56. The topological polar surface area (TPSA) is 79.0 Å². The Kier molecular flexibility index (Phi) is 7.69. The first kappa shape index (κ1) is 23.2. The fourth-order valence-corrected chi connectivity index (χ4v) is 4.58. The maximum Gasteiger partial charge on any atom is 0.264 e. The minimum Gasteiger partial charge on any atom is -0.482 e. The van der Waals surface area contributed by atoms with Gasteiger partial charge in [0.15, 0.2) is 6.61 Å². The average molecular weight is 446 g/mol. The van der Waals surface area contributed by atoms with Crippen molar-refractivity contribution in [3.63, 3.8) is 0 Å². The maximum absolute atomic E-state index is 12.5. The molecule has 1 amide bonds. The first-order valence-electron chi connectivity index (χ1n) is 10.6. The summed E-state index contributed by atoms with van der Waals surface area (Å²) in [5, 5.41) is 0. The highest BCUT2D eigenvalue weighted by Crippen LogP contribution is 2.32. The second-order valence-corrected chi connectivity index (χ2v) is 9.61. The van der Waals surface area contributed by atoms with E-state index in [9.17, 15) is 13.2 Å². The Morgan fingerprint density at radius 1 is 1.10 bits per heavy atom. The molecule has 0 radical (unpaired) electrons. The van der Waals surface area contributed by atoms with Crippen LogP contribution in [0.25, 0.3) is 0 Å². The van der Waals surface area contributed by atoms with Gasteiger partial charge < -0.3 is 14.5 Å². The number of fused-ring (bicyclic) bond motifs is 1. The zero-order valence-corrected chi connectivity index (χ0v) is 19.2. The number of hydrogen-bond donors (Lipinski definition) is 1. The molecule has 0 saturated heterocycles. The Labute approximate surface area is 185 Å². The third-order valence-corrected chi connectivity index (χ3v) is 6.90. The lowest BCUT2D eigenvalue weighted by molar-refractivity contribution is -0.120. The van der Waals surface area contributed by atoms with Crippen LogP contribution in [0.2, 0.25) is 0 Å². The van der Waals surface area contributed by atoms with Gasteiger partial charge in [0.25, 0.3) is 5.91 Å². The molecular formula is C23H31N3O4S. The molecule has 0 fully saturated rings. The van der Waals surface area contributed by atoms with Gasteiger partial charge in [0.1, 0.15) is 5.75 Å². The zero-order valence-electron chi connectivity index (χ0n) is 18.4. The molecule has 0 bridgehead atoms. The van der Waals surface area contributed by atoms with Crippen molar-refractivity contribution in [3.8, 4) is 5.75 Å². The summed E-state index contributed by atoms with van der Waals surface area (Å²) in [4.78, 5) is 15.9. The van der Waals surface area contributed by atoms with Gasteiger partial charge in [-0.3, -0.25) is 4.79 Å². The summed E-state index contributed by atoms with van der Waals surface area (Å²) >= 11 is 0. The number of rotatable bonds is 10. The van der Waals surface area contributed by atoms with E-state index in [2.05, 4.69) is 16.5 Å². The number of carbonyl (C=O) groups excluding carboxylic acids is 1. The van der Waals surface area contributed by atoms with Gasteiger partial charge in [-0.25, -0.2) is 13.1 Å². The maximum atomic E-state index is 12.5. The molecule has 0 aromatic heterocycles. The van der Waals surface area contributed by atoms with Crippen LogP contribution in [0.1, 0.15) is 24.5 Å². The second-order valence-electron chi connectivity index (χ2n) is 7.85. The minimum absolute atomic E-state index is 0.0533. The van der Waals surface area contributed by atoms with Crippen molar-refractivity contribution in [3.05, 3.63) is 53.6 Å². The van der Waals surface area contributed by atoms with Crippen molar-refractivity contribution >= 4 is 21.6 Å². The molecule has 2 aromatic carbocycles. The molecule has 1 aliphatic heterocycles. The van der Waals surface area contributed by atoms with E-state index in [1.165, 1.54) is 0 Å². The zero-order chi connectivity index (χ0) is 22.4. The first-order chi connectivity index (χ1) is 14.8. The number of nitrogens with zero attached hydrogens (tertiary/aromatic N) is 2. The van der Waals surface area contributed by atoms with Crippen LogP contribution < -0.4 is 14.4 Å². The van der Waals surface area contributed by atoms with E-state index in [0.29, 0.717) is 13.1 Å². The van der Waals surface area contributed by atoms with Gasteiger partial charge in [0.05, 0.1) is 10.6 Å². The Bertz CT molecular complexity index is 1010. The summed E-state index contributed by atoms with van der Waals surface area (Å²) in [7, 11) is -1.75. The Morgan fingerprint density at radius 3 is 2.55 bits per heavy atom. The molecule has 1 aliphatic rings. The molecule has 0 spiro atoms. The third-order valence-electron chi connectivity index (χ3n) is 5.42. The lowest BCUT2D eigenvalue weighted by Crippen LogP contribution is -2.36. The molecule has 0 atom stereocenters. The quantitative estimate of drug-likeness (QED) is 0.608. The number of carbonyl (C=O) groups is 1. The van der Waals surface area contributed by atoms with E-state index < -0.39 is 10.0 Å². The number of likely N-dealkylation sites (N-methyl/N-ethyl adjacent to an activating group) is 1. The molecule has 3 rings (SSSR count). The summed E-state index contributed by atoms with van der Waals surface area (Å²) in [6.07, 6.45) is 1.81. The number of aryl methyl sites for hydroxylation is 1. The highest BCUT2D eigenvalue weighted by Gasteiger charge is 2.22. The lowest BCUT2D eigenvalue weighted by atomic mass is 10.1. The van der Waals surface area contributed by atoms with Gasteiger partial charge in [0.2, 0.25) is 10.0 Å². The largest absolute Gasteiger partial charge is 0.482 e. The average Bonchev–Trinajstić information content (AvgIpc) is 2.75. The van der Waals surface area contributed by atoms with Crippen molar-refractivity contribution < 1.29 is 17.9 Å². The van der Waals surface area contributed by atoms with Crippen molar-refractivity contribution in [1.82, 2.24) is 9.62 Å². The predicted molar refractivity (Wildman–Crippen MR) is 122 cm³/mol. The fraction of sp³-hybridized carbons (Fsp3) is 0.435. The molecule has 1 N–H and O–H groups in total. The van der Waals surface area contributed by atoms with Gasteiger partial charge >= 0.3 is 0 Å². The molecular weight excluding hydrogens is 414 g/mol. The van der Waals surface area contributed by atoms with Crippen LogP contribution in [0.15, 0.2) is 47.4 Å². The van der Waals surface area contributed by atoms with Crippen molar-refractivity contribution in [1.29, 1.82) is 0 Å². The van der Waals surface area contributed by atoms with Crippen LogP contribution in [0.4, 0.5) is 5.69 Å². The van der Waals surface area contributed by atoms with Gasteiger partial charge in [-0.1, -0.05) is 30.7 Å². The summed E-state index contributed by atoms with van der Waals surface area (Å²) < 4.78 is 33.2. The summed E-state index contributed by atoms with van der Waals surface area (Å²) in [5.74, 6) is 0.676. The van der Waals surface area contributed by atoms with Gasteiger partial charge in [-0.2, -0.15) is 0 Å². The molecule has 7 nitrogen and oxygen atoms in total. The van der Waals surface area contributed by atoms with Crippen molar-refractivity contribution in [2.45, 2.75) is 31.6 Å². The number of anilines is 1. The van der Waals surface area contributed by atoms with Crippen LogP contribution in [0.5, 0.6) is 5.75 Å². The van der Waals surface area contributed by atoms with E-state index in [1.807, 2.05) is 25.1 Å². The van der Waals surface area contributed by atoms with E-state index in [-0.39, 0.29) is 17.4 Å². The number of benzene rings is 2. The molecule has 2 aromatic rings. The normalized spacial score (nSPS) is 13.9. The predicted octanol–water partition coefficient (Wildman–Crippen LogP) is 2.58. The highest BCUT2D eigenvalue weighted by atomic mass is 32.2. The van der Waals surface area contributed by atoms with Gasteiger partial charge in [0, 0.05) is 26.7 Å². The van der Waals surface area contributed by atoms with E-state index in [1.54, 1.807) is 36.2 Å². The Hall–Kier alpha value is -2.42. The summed E-state index contributed by atoms with van der Waals surface area (Å²) in [5.41, 5.74) is 2.94. The smallest absolute Gasteiger partial charge is 0.264 e. The van der Waals surface area contributed by atoms with Crippen LogP contribution in [-0.2, 0) is 21.2 Å². The second kappa shape index (κ2) is 10.3. The third kappa shape index (κ3) is 6.06. The van der Waals surface area contributed by atoms with E-state index in [0.717, 1.165) is 48.5 Å². The summed E-state index contributed by atoms with van der Waals surface area (Å²) in [6.45, 7) is 6.81. The molecule has 168 valence electrons. The summed E-state index contributed by atoms with van der Waals surface area (Å²) in [6, 6.07) is 12.8. The van der Waals surface area contributed by atoms with Crippen LogP contribution in [0, 0.1) is 6.92 Å². The van der Waals surface area contributed by atoms with E-state index >= 15 is 0 Å². The van der Waals surface area contributed by atoms with Crippen LogP contribution >= 0.6 is 0 Å². The Balaban J connectivity index is 1.54. The molecule has 8 heteroatoms. The molecule has 1 heterocycles. The monoisotopic (exact) mass is 445 g/mol. The number of nitrogens with one attached hydrogen (secondary N) is 1. The molecule has 0 aliphatic carbocycles. The molecule has 0 saturated carbocycles. The van der Waals surface area contributed by atoms with Crippen molar-refractivity contribution in [2.75, 3.05) is 44.7 Å². The molecule has 31 heavy (non-hydrogen) atoms. The van der Waals surface area contributed by atoms with Crippen molar-refractivity contribution in [2.24, 2.45) is 0 Å². The minimum atomic E-state index is -3.50. The SMILES string of the molecule is CCCN(CCNS(=O)(=O)c1ccc(C)cc1)CCc1ccc2c(c1)OCC(=O)N2C. The number of sulfonamides is 1. The van der Waals surface area contributed by atoms with E-state index in [4.69, 9.17) is 4.74 Å². The lowest BCUT2D eigenvalue weighted by Gasteiger charge is -2.26. The van der Waals surface area contributed by atoms with Gasteiger partial charge in [-0.15, -0.1) is 0 Å². The number of ether oxygens (including phenoxy) is 1. The number of amides is 1. The van der Waals surface area contributed by atoms with Gasteiger partial charge in [-0.05, 0) is 56.1 Å². The van der Waals surface area contributed by atoms with Crippen LogP contribution in [-0.4, -0.2) is 59.1 Å². The molecule has 0 unspecified atom stereocenters. The number of hydrogen-bond acceptors (Lipinski definition) is 5. The van der Waals surface area contributed by atoms with Crippen LogP contribution in [0.3, 0.4) is 0 Å². The first-order valence-corrected chi connectivity index (χ1v) is 12.1. The standard InChI is InChI=1S/C23H31N3O4S/c1-4-13-26(15-12-24-31(28,29)20-8-5-18(2)6-9-20)14-11-19-7-10-21-22(16-19)30-17-23(27)25(21)3/h5-10,16,24H,4,11-15,17H2,1-3H3.